The zero-order valence-corrected chi connectivity index (χ0v) is 11.2. The van der Waals surface area contributed by atoms with E-state index in [1.165, 1.54) is 0 Å². The summed E-state index contributed by atoms with van der Waals surface area (Å²) in [5, 5.41) is 10.1. The molecule has 0 bridgehead atoms. The number of ketones is 1. The Hall–Kier alpha value is -0.930. The molecule has 98 valence electrons. The Labute approximate surface area is 108 Å². The fourth-order valence-corrected chi connectivity index (χ4v) is 3.83. The van der Waals surface area contributed by atoms with Gasteiger partial charge in [-0.3, -0.25) is 4.79 Å². The van der Waals surface area contributed by atoms with Crippen molar-refractivity contribution in [1.82, 2.24) is 0 Å². The van der Waals surface area contributed by atoms with Crippen LogP contribution in [0.3, 0.4) is 0 Å². The van der Waals surface area contributed by atoms with Gasteiger partial charge in [0.2, 0.25) is 0 Å². The van der Waals surface area contributed by atoms with E-state index in [0.29, 0.717) is 0 Å². The van der Waals surface area contributed by atoms with E-state index >= 15 is 0 Å². The van der Waals surface area contributed by atoms with Crippen LogP contribution in [0, 0.1) is 11.3 Å². The predicted molar refractivity (Wildman–Crippen MR) is 68.0 cm³/mol. The van der Waals surface area contributed by atoms with Gasteiger partial charge >= 0.3 is 0 Å². The molecule has 2 fully saturated rings. The molecule has 1 heterocycles. The fraction of sp³-hybridized carbons (Fsp3) is 0.667. The van der Waals surface area contributed by atoms with Crippen molar-refractivity contribution in [3.63, 3.8) is 0 Å². The van der Waals surface area contributed by atoms with Crippen molar-refractivity contribution in [1.29, 1.82) is 0 Å². The van der Waals surface area contributed by atoms with E-state index in [2.05, 4.69) is 20.4 Å². The molecule has 3 unspecified atom stereocenters. The third-order valence-corrected chi connectivity index (χ3v) is 5.39. The maximum Gasteiger partial charge on any atom is 0.194 e. The third kappa shape index (κ3) is 1.14. The van der Waals surface area contributed by atoms with Crippen LogP contribution in [0.1, 0.15) is 33.6 Å². The quantitative estimate of drug-likeness (QED) is 0.570. The predicted octanol–water partition coefficient (Wildman–Crippen LogP) is 2.01. The van der Waals surface area contributed by atoms with Crippen LogP contribution in [0.5, 0.6) is 0 Å². The Bertz CT molecular complexity index is 478. The minimum atomic E-state index is -0.802. The molecule has 0 spiro atoms. The standard InChI is InChI=1S/C15H20O3/c1-8(2)15-12(17)7-10-5-6-11(16)9(3)14(10,4)13(15)18-15/h7,9,11,13,16H,1,5-6H2,2-4H3/t9-,11?,13?,14+,15?/m0/s1. The summed E-state index contributed by atoms with van der Waals surface area (Å²) in [5.41, 5.74) is 0.889. The molecule has 3 nitrogen and oxygen atoms in total. The SMILES string of the molecule is C=C(C)C12OC1[C@@]1(C)C(=CC2=O)CCC(O)[C@@H]1C. The maximum absolute atomic E-state index is 12.3. The zero-order chi connectivity index (χ0) is 13.3. The molecule has 2 aliphatic carbocycles. The summed E-state index contributed by atoms with van der Waals surface area (Å²) in [5.74, 6) is 0.146. The summed E-state index contributed by atoms with van der Waals surface area (Å²) in [6.07, 6.45) is 2.83. The number of ether oxygens (including phenoxy) is 1. The molecule has 18 heavy (non-hydrogen) atoms. The van der Waals surface area contributed by atoms with E-state index in [0.717, 1.165) is 24.0 Å². The van der Waals surface area contributed by atoms with E-state index in [9.17, 15) is 9.90 Å². The van der Waals surface area contributed by atoms with Gasteiger partial charge in [-0.15, -0.1) is 0 Å². The Morgan fingerprint density at radius 3 is 2.89 bits per heavy atom. The Balaban J connectivity index is 2.10. The molecule has 3 rings (SSSR count). The largest absolute Gasteiger partial charge is 0.393 e. The summed E-state index contributed by atoms with van der Waals surface area (Å²) in [4.78, 5) is 12.3. The minimum Gasteiger partial charge on any atom is -0.393 e. The lowest BCUT2D eigenvalue weighted by Crippen LogP contribution is -2.50. The molecule has 0 aromatic heterocycles. The highest BCUT2D eigenvalue weighted by atomic mass is 16.6. The van der Waals surface area contributed by atoms with Crippen molar-refractivity contribution in [2.45, 2.75) is 51.4 Å². The summed E-state index contributed by atoms with van der Waals surface area (Å²) < 4.78 is 5.82. The molecular weight excluding hydrogens is 228 g/mol. The number of hydrogen-bond acceptors (Lipinski definition) is 3. The van der Waals surface area contributed by atoms with Gasteiger partial charge in [0.1, 0.15) is 6.10 Å². The van der Waals surface area contributed by atoms with E-state index in [1.807, 2.05) is 6.92 Å². The number of carbonyl (C=O) groups is 1. The molecule has 5 atom stereocenters. The van der Waals surface area contributed by atoms with E-state index in [-0.39, 0.29) is 29.3 Å². The topological polar surface area (TPSA) is 49.8 Å². The molecule has 0 radical (unpaired) electrons. The number of rotatable bonds is 1. The maximum atomic E-state index is 12.3. The van der Waals surface area contributed by atoms with Crippen LogP contribution >= 0.6 is 0 Å². The monoisotopic (exact) mass is 248 g/mol. The second kappa shape index (κ2) is 3.34. The molecule has 3 aliphatic rings. The summed E-state index contributed by atoms with van der Waals surface area (Å²) >= 11 is 0. The average molecular weight is 248 g/mol. The molecule has 1 aliphatic heterocycles. The van der Waals surface area contributed by atoms with Crippen LogP contribution in [-0.4, -0.2) is 28.7 Å². The van der Waals surface area contributed by atoms with Crippen LogP contribution in [0.25, 0.3) is 0 Å². The smallest absolute Gasteiger partial charge is 0.194 e. The van der Waals surface area contributed by atoms with E-state index in [1.54, 1.807) is 6.08 Å². The van der Waals surface area contributed by atoms with Gasteiger partial charge in [-0.2, -0.15) is 0 Å². The van der Waals surface area contributed by atoms with Crippen LogP contribution < -0.4 is 0 Å². The summed E-state index contributed by atoms with van der Waals surface area (Å²) in [6.45, 7) is 9.94. The first kappa shape index (κ1) is 12.1. The Morgan fingerprint density at radius 2 is 2.28 bits per heavy atom. The lowest BCUT2D eigenvalue weighted by Gasteiger charge is -2.46. The van der Waals surface area contributed by atoms with Gasteiger partial charge in [-0.05, 0) is 37.3 Å². The lowest BCUT2D eigenvalue weighted by molar-refractivity contribution is -0.118. The normalized spacial score (nSPS) is 50.1. The van der Waals surface area contributed by atoms with Gasteiger partial charge in [0, 0.05) is 5.41 Å². The van der Waals surface area contributed by atoms with Crippen LogP contribution in [0.2, 0.25) is 0 Å². The van der Waals surface area contributed by atoms with Gasteiger partial charge < -0.3 is 9.84 Å². The first-order valence-electron chi connectivity index (χ1n) is 6.62. The van der Waals surface area contributed by atoms with Crippen LogP contribution in [0.4, 0.5) is 0 Å². The lowest BCUT2D eigenvalue weighted by atomic mass is 9.57. The van der Waals surface area contributed by atoms with Crippen molar-refractivity contribution in [3.8, 4) is 0 Å². The number of aliphatic hydroxyl groups excluding tert-OH is 1. The zero-order valence-electron chi connectivity index (χ0n) is 11.2. The molecule has 3 heteroatoms. The number of fused-ring (bicyclic) bond motifs is 3. The fourth-order valence-electron chi connectivity index (χ4n) is 3.83. The number of carbonyl (C=O) groups excluding carboxylic acids is 1. The molecule has 0 aromatic carbocycles. The Morgan fingerprint density at radius 1 is 1.61 bits per heavy atom. The first-order chi connectivity index (χ1) is 8.35. The number of aliphatic hydroxyl groups is 1. The molecular formula is C15H20O3. The molecule has 1 saturated heterocycles. The van der Waals surface area contributed by atoms with Gasteiger partial charge in [-0.25, -0.2) is 0 Å². The van der Waals surface area contributed by atoms with Crippen molar-refractivity contribution in [2.24, 2.45) is 11.3 Å². The van der Waals surface area contributed by atoms with E-state index in [4.69, 9.17) is 4.74 Å². The molecule has 1 saturated carbocycles. The molecule has 1 N–H and O–H groups in total. The van der Waals surface area contributed by atoms with Gasteiger partial charge in [0.05, 0.1) is 6.10 Å². The number of epoxide rings is 1. The number of hydrogen-bond donors (Lipinski definition) is 1. The van der Waals surface area contributed by atoms with Crippen molar-refractivity contribution < 1.29 is 14.6 Å². The summed E-state index contributed by atoms with van der Waals surface area (Å²) in [7, 11) is 0. The van der Waals surface area contributed by atoms with Gasteiger partial charge in [-0.1, -0.05) is 26.0 Å². The van der Waals surface area contributed by atoms with Crippen LogP contribution in [0.15, 0.2) is 23.8 Å². The molecule has 0 amide bonds. The molecule has 0 aromatic rings. The average Bonchev–Trinajstić information content (AvgIpc) is 3.06. The van der Waals surface area contributed by atoms with Crippen molar-refractivity contribution in [2.75, 3.05) is 0 Å². The van der Waals surface area contributed by atoms with Crippen molar-refractivity contribution >= 4 is 5.78 Å². The minimum absolute atomic E-state index is 0.0380. The summed E-state index contributed by atoms with van der Waals surface area (Å²) in [6, 6.07) is 0. The van der Waals surface area contributed by atoms with Crippen LogP contribution in [-0.2, 0) is 9.53 Å². The third-order valence-electron chi connectivity index (χ3n) is 5.39. The highest BCUT2D eigenvalue weighted by Gasteiger charge is 2.73. The van der Waals surface area contributed by atoms with Gasteiger partial charge in [0.25, 0.3) is 0 Å². The van der Waals surface area contributed by atoms with E-state index < -0.39 is 5.60 Å². The second-order valence-corrected chi connectivity index (χ2v) is 6.23. The second-order valence-electron chi connectivity index (χ2n) is 6.23. The first-order valence-corrected chi connectivity index (χ1v) is 6.62. The highest BCUT2D eigenvalue weighted by molar-refractivity contribution is 6.04. The van der Waals surface area contributed by atoms with Crippen molar-refractivity contribution in [3.05, 3.63) is 23.8 Å². The highest BCUT2D eigenvalue weighted by Crippen LogP contribution is 2.63. The van der Waals surface area contributed by atoms with Gasteiger partial charge in [0.15, 0.2) is 11.4 Å². The Kier molecular flexibility index (Phi) is 2.25.